The molecule has 0 saturated heterocycles. The van der Waals surface area contributed by atoms with Gasteiger partial charge in [0.25, 0.3) is 0 Å². The van der Waals surface area contributed by atoms with Crippen LogP contribution in [0.5, 0.6) is 5.75 Å². The topological polar surface area (TPSA) is 114 Å². The maximum absolute atomic E-state index is 11.8. The predicted molar refractivity (Wildman–Crippen MR) is 82.9 cm³/mol. The van der Waals surface area contributed by atoms with Gasteiger partial charge >= 0.3 is 0 Å². The smallest absolute Gasteiger partial charge is 0.178 e. The van der Waals surface area contributed by atoms with E-state index in [0.717, 1.165) is 11.3 Å². The summed E-state index contributed by atoms with van der Waals surface area (Å²) < 4.78 is 26.0. The van der Waals surface area contributed by atoms with Crippen molar-refractivity contribution in [3.63, 3.8) is 0 Å². The Balaban J connectivity index is 2.38. The summed E-state index contributed by atoms with van der Waals surface area (Å²) in [4.78, 5) is 0. The van der Waals surface area contributed by atoms with Gasteiger partial charge in [0.2, 0.25) is 0 Å². The van der Waals surface area contributed by atoms with Crippen molar-refractivity contribution >= 4 is 9.92 Å². The van der Waals surface area contributed by atoms with Gasteiger partial charge in [-0.3, -0.25) is 4.68 Å². The number of hydrogen-bond donors (Lipinski definition) is 3. The molecular weight excluding hydrogens is 304 g/mol. The van der Waals surface area contributed by atoms with Crippen LogP contribution >= 0.6 is 0 Å². The van der Waals surface area contributed by atoms with Crippen molar-refractivity contribution in [1.29, 1.82) is 4.78 Å². The summed E-state index contributed by atoms with van der Waals surface area (Å²) >= 11 is 0. The number of benzene rings is 1. The Hall–Kier alpha value is -1.90. The average molecular weight is 324 g/mol. The maximum Gasteiger partial charge on any atom is 0.178 e. The van der Waals surface area contributed by atoms with Crippen LogP contribution in [-0.4, -0.2) is 26.2 Å². The molecule has 0 aliphatic rings. The van der Waals surface area contributed by atoms with Gasteiger partial charge < -0.3 is 9.84 Å². The zero-order valence-corrected chi connectivity index (χ0v) is 13.6. The van der Waals surface area contributed by atoms with Crippen molar-refractivity contribution < 1.29 is 14.1 Å². The standard InChI is InChI=1S/C14H20N4O3S/c1-14(2,19)12-9-18(17-13(12)22(15,16)20)8-10-4-6-11(21-3)7-5-10/h4-7,9,19H,8H2,1-3H3,(H3,15,16,20). The summed E-state index contributed by atoms with van der Waals surface area (Å²) in [5.41, 5.74) is -0.0366. The second-order valence-corrected chi connectivity index (χ2v) is 7.14. The summed E-state index contributed by atoms with van der Waals surface area (Å²) in [6.45, 7) is 3.48. The molecule has 0 aliphatic heterocycles. The van der Waals surface area contributed by atoms with Gasteiger partial charge in [0.1, 0.15) is 5.75 Å². The molecule has 0 saturated carbocycles. The zero-order chi connectivity index (χ0) is 16.5. The molecule has 0 bridgehead atoms. The first-order chi connectivity index (χ1) is 10.1. The van der Waals surface area contributed by atoms with Crippen molar-refractivity contribution in [2.45, 2.75) is 31.0 Å². The lowest BCUT2D eigenvalue weighted by atomic mass is 10.0. The van der Waals surface area contributed by atoms with Gasteiger partial charge in [0.15, 0.2) is 14.9 Å². The molecule has 7 nitrogen and oxygen atoms in total. The maximum atomic E-state index is 11.8. The Bertz CT molecular complexity index is 758. The van der Waals surface area contributed by atoms with E-state index in [9.17, 15) is 9.32 Å². The minimum Gasteiger partial charge on any atom is -0.497 e. The summed E-state index contributed by atoms with van der Waals surface area (Å²) in [5, 5.41) is 19.6. The van der Waals surface area contributed by atoms with E-state index in [2.05, 4.69) is 5.10 Å². The molecule has 8 heteroatoms. The molecule has 1 aromatic heterocycles. The number of methoxy groups -OCH3 is 1. The molecule has 0 radical (unpaired) electrons. The lowest BCUT2D eigenvalue weighted by Crippen LogP contribution is -2.21. The molecule has 1 unspecified atom stereocenters. The van der Waals surface area contributed by atoms with Gasteiger partial charge in [-0.25, -0.2) is 14.1 Å². The Kier molecular flexibility index (Phi) is 4.28. The minimum atomic E-state index is -3.51. The molecule has 0 fully saturated rings. The van der Waals surface area contributed by atoms with Crippen LogP contribution in [0.25, 0.3) is 0 Å². The number of ether oxygens (including phenoxy) is 1. The number of nitrogens with one attached hydrogen (secondary N) is 1. The molecule has 0 aliphatic carbocycles. The van der Waals surface area contributed by atoms with Crippen LogP contribution in [-0.2, 0) is 22.1 Å². The van der Waals surface area contributed by atoms with E-state index in [1.807, 2.05) is 24.3 Å². The van der Waals surface area contributed by atoms with E-state index in [4.69, 9.17) is 14.7 Å². The van der Waals surface area contributed by atoms with Gasteiger partial charge in [0.05, 0.1) is 19.3 Å². The SMILES string of the molecule is COc1ccc(Cn2cc(C(C)(C)O)c(S(=N)(N)=O)n2)cc1. The van der Waals surface area contributed by atoms with E-state index in [0.29, 0.717) is 12.1 Å². The van der Waals surface area contributed by atoms with Crippen molar-refractivity contribution in [1.82, 2.24) is 9.78 Å². The zero-order valence-electron chi connectivity index (χ0n) is 12.7. The lowest BCUT2D eigenvalue weighted by Gasteiger charge is -2.16. The quantitative estimate of drug-likeness (QED) is 0.772. The van der Waals surface area contributed by atoms with E-state index in [-0.39, 0.29) is 5.03 Å². The highest BCUT2D eigenvalue weighted by atomic mass is 32.2. The first-order valence-electron chi connectivity index (χ1n) is 6.61. The van der Waals surface area contributed by atoms with Crippen molar-refractivity contribution in [2.75, 3.05) is 7.11 Å². The molecule has 120 valence electrons. The van der Waals surface area contributed by atoms with Crippen LogP contribution in [0, 0.1) is 4.78 Å². The number of aromatic nitrogens is 2. The first kappa shape index (κ1) is 16.5. The highest BCUT2D eigenvalue weighted by Crippen LogP contribution is 2.26. The first-order valence-corrected chi connectivity index (χ1v) is 8.23. The number of rotatable bonds is 5. The summed E-state index contributed by atoms with van der Waals surface area (Å²) in [7, 11) is -1.92. The third-order valence-electron chi connectivity index (χ3n) is 3.18. The number of nitrogens with two attached hydrogens (primary N) is 1. The number of nitrogens with zero attached hydrogens (tertiary/aromatic N) is 2. The van der Waals surface area contributed by atoms with E-state index in [1.165, 1.54) is 18.5 Å². The van der Waals surface area contributed by atoms with Crippen LogP contribution in [0.3, 0.4) is 0 Å². The minimum absolute atomic E-state index is 0.0893. The van der Waals surface area contributed by atoms with Crippen LogP contribution in [0.2, 0.25) is 0 Å². The lowest BCUT2D eigenvalue weighted by molar-refractivity contribution is 0.0755. The van der Waals surface area contributed by atoms with Crippen LogP contribution < -0.4 is 9.88 Å². The summed E-state index contributed by atoms with van der Waals surface area (Å²) in [6, 6.07) is 7.41. The second kappa shape index (κ2) is 5.71. The molecule has 1 heterocycles. The largest absolute Gasteiger partial charge is 0.497 e. The van der Waals surface area contributed by atoms with E-state index in [1.54, 1.807) is 13.3 Å². The summed E-state index contributed by atoms with van der Waals surface area (Å²) in [5.74, 6) is 0.748. The van der Waals surface area contributed by atoms with E-state index < -0.39 is 15.5 Å². The molecule has 1 aromatic carbocycles. The van der Waals surface area contributed by atoms with Crippen molar-refractivity contribution in [3.8, 4) is 5.75 Å². The number of aliphatic hydroxyl groups is 1. The van der Waals surface area contributed by atoms with Crippen LogP contribution in [0.1, 0.15) is 25.0 Å². The third-order valence-corrected chi connectivity index (χ3v) is 4.05. The van der Waals surface area contributed by atoms with Crippen LogP contribution in [0.4, 0.5) is 0 Å². The van der Waals surface area contributed by atoms with E-state index >= 15 is 0 Å². The monoisotopic (exact) mass is 324 g/mol. The highest BCUT2D eigenvalue weighted by molar-refractivity contribution is 7.90. The Morgan fingerprint density at radius 1 is 1.41 bits per heavy atom. The molecular formula is C14H20N4O3S. The average Bonchev–Trinajstić information content (AvgIpc) is 2.83. The van der Waals surface area contributed by atoms with Gasteiger partial charge in [0, 0.05) is 11.8 Å². The molecule has 2 aromatic rings. The molecule has 22 heavy (non-hydrogen) atoms. The molecule has 0 amide bonds. The summed E-state index contributed by atoms with van der Waals surface area (Å²) in [6.07, 6.45) is 1.57. The molecule has 4 N–H and O–H groups in total. The second-order valence-electron chi connectivity index (χ2n) is 5.55. The Morgan fingerprint density at radius 3 is 2.41 bits per heavy atom. The van der Waals surface area contributed by atoms with Crippen molar-refractivity contribution in [3.05, 3.63) is 41.6 Å². The van der Waals surface area contributed by atoms with Gasteiger partial charge in [-0.1, -0.05) is 12.1 Å². The number of hydrogen-bond acceptors (Lipinski definition) is 5. The normalized spacial score (nSPS) is 14.6. The fourth-order valence-electron chi connectivity index (χ4n) is 2.05. The Labute approximate surface area is 129 Å². The van der Waals surface area contributed by atoms with Gasteiger partial charge in [-0.2, -0.15) is 5.10 Å². The predicted octanol–water partition coefficient (Wildman–Crippen LogP) is 1.45. The van der Waals surface area contributed by atoms with Gasteiger partial charge in [-0.05, 0) is 31.5 Å². The molecule has 0 spiro atoms. The molecule has 1 atom stereocenters. The fourth-order valence-corrected chi connectivity index (χ4v) is 2.90. The van der Waals surface area contributed by atoms with Crippen LogP contribution in [0.15, 0.2) is 35.5 Å². The fraction of sp³-hybridized carbons (Fsp3) is 0.357. The molecule has 2 rings (SSSR count). The Morgan fingerprint density at radius 2 is 2.00 bits per heavy atom. The highest BCUT2D eigenvalue weighted by Gasteiger charge is 2.27. The third kappa shape index (κ3) is 3.65. The van der Waals surface area contributed by atoms with Gasteiger partial charge in [-0.15, -0.1) is 0 Å². The van der Waals surface area contributed by atoms with Crippen molar-refractivity contribution in [2.24, 2.45) is 5.14 Å².